The van der Waals surface area contributed by atoms with Crippen LogP contribution in [0.4, 0.5) is 4.79 Å². The van der Waals surface area contributed by atoms with Crippen LogP contribution in [0.5, 0.6) is 5.75 Å². The molecule has 1 N–H and O–H groups in total. The molecule has 6 nitrogen and oxygen atoms in total. The van der Waals surface area contributed by atoms with Gasteiger partial charge in [-0.1, -0.05) is 12.1 Å². The molecule has 0 heterocycles. The third kappa shape index (κ3) is 5.37. The number of carbonyl (C=O) groups excluding carboxylic acids is 1. The van der Waals surface area contributed by atoms with Crippen molar-refractivity contribution in [1.82, 2.24) is 4.90 Å². The highest BCUT2D eigenvalue weighted by atomic mass is 16.7. The van der Waals surface area contributed by atoms with Gasteiger partial charge in [0.1, 0.15) is 5.75 Å². The molecule has 1 aromatic rings. The molecule has 0 aliphatic heterocycles. The Morgan fingerprint density at radius 3 is 2.50 bits per heavy atom. The summed E-state index contributed by atoms with van der Waals surface area (Å²) in [6, 6.07) is 6.76. The first-order valence-electron chi connectivity index (χ1n) is 7.01. The van der Waals surface area contributed by atoms with Gasteiger partial charge in [-0.2, -0.15) is 0 Å². The zero-order valence-corrected chi connectivity index (χ0v) is 13.5. The summed E-state index contributed by atoms with van der Waals surface area (Å²) in [4.78, 5) is 24.7. The Balaban J connectivity index is 2.70. The van der Waals surface area contributed by atoms with Crippen molar-refractivity contribution < 1.29 is 24.2 Å². The Morgan fingerprint density at radius 2 is 1.95 bits per heavy atom. The van der Waals surface area contributed by atoms with E-state index in [0.29, 0.717) is 11.3 Å². The molecular formula is C16H23NO5. The molecular weight excluding hydrogens is 286 g/mol. The zero-order valence-electron chi connectivity index (χ0n) is 13.5. The van der Waals surface area contributed by atoms with Crippen molar-refractivity contribution in [3.05, 3.63) is 29.8 Å². The largest absolute Gasteiger partial charge is 0.468 e. The van der Waals surface area contributed by atoms with Crippen molar-refractivity contribution in [2.24, 2.45) is 0 Å². The van der Waals surface area contributed by atoms with Crippen LogP contribution in [0.3, 0.4) is 0 Å². The zero-order chi connectivity index (χ0) is 16.8. The van der Waals surface area contributed by atoms with Crippen molar-refractivity contribution in [2.45, 2.75) is 32.7 Å². The third-order valence-electron chi connectivity index (χ3n) is 3.10. The second-order valence-corrected chi connectivity index (χ2v) is 5.86. The van der Waals surface area contributed by atoms with Crippen LogP contribution >= 0.6 is 0 Å². The average Bonchev–Trinajstić information content (AvgIpc) is 2.43. The molecule has 1 aromatic carbocycles. The number of amides is 1. The maximum Gasteiger partial charge on any atom is 0.407 e. The number of hydrogen-bond acceptors (Lipinski definition) is 4. The van der Waals surface area contributed by atoms with Gasteiger partial charge < -0.3 is 19.5 Å². The van der Waals surface area contributed by atoms with Crippen LogP contribution in [-0.2, 0) is 4.74 Å². The number of ether oxygens (including phenoxy) is 2. The number of carbonyl (C=O) groups is 2. The van der Waals surface area contributed by atoms with E-state index in [2.05, 4.69) is 0 Å². The van der Waals surface area contributed by atoms with Crippen molar-refractivity contribution >= 4 is 11.9 Å². The normalized spacial score (nSPS) is 11.1. The van der Waals surface area contributed by atoms with Crippen LogP contribution in [0.2, 0.25) is 0 Å². The van der Waals surface area contributed by atoms with Crippen LogP contribution in [0.25, 0.3) is 0 Å². The first kappa shape index (κ1) is 18.0. The fraction of sp³-hybridized carbons (Fsp3) is 0.500. The van der Waals surface area contributed by atoms with Gasteiger partial charge in [0.15, 0.2) is 12.6 Å². The van der Waals surface area contributed by atoms with Gasteiger partial charge in [0.25, 0.3) is 0 Å². The van der Waals surface area contributed by atoms with Gasteiger partial charge >= 0.3 is 6.09 Å². The van der Waals surface area contributed by atoms with Crippen LogP contribution in [0.1, 0.15) is 37.6 Å². The summed E-state index contributed by atoms with van der Waals surface area (Å²) < 4.78 is 10.1. The van der Waals surface area contributed by atoms with Crippen LogP contribution in [0.15, 0.2) is 24.3 Å². The summed E-state index contributed by atoms with van der Waals surface area (Å²) in [5, 5.41) is 9.21. The summed E-state index contributed by atoms with van der Waals surface area (Å²) >= 11 is 0. The maximum atomic E-state index is 12.2. The Morgan fingerprint density at radius 1 is 1.27 bits per heavy atom. The van der Waals surface area contributed by atoms with Gasteiger partial charge in [-0.05, 0) is 32.9 Å². The van der Waals surface area contributed by atoms with Crippen LogP contribution in [-0.4, -0.2) is 47.9 Å². The Bertz CT molecular complexity index is 522. The van der Waals surface area contributed by atoms with E-state index in [4.69, 9.17) is 9.47 Å². The number of carboxylic acid groups (broad SMARTS) is 1. The van der Waals surface area contributed by atoms with E-state index in [9.17, 15) is 14.7 Å². The maximum absolute atomic E-state index is 12.2. The first-order valence-corrected chi connectivity index (χ1v) is 7.01. The minimum Gasteiger partial charge on any atom is -0.468 e. The standard InChI is InChI=1S/C16H23NO5/c1-16(2,3)17(15(19)20)9-8-14(18)12-6-5-7-13(10-12)22-11-21-4/h5-7,10H,8-9,11H2,1-4H3,(H,19,20). The van der Waals surface area contributed by atoms with Gasteiger partial charge in [-0.25, -0.2) is 4.79 Å². The molecule has 0 radical (unpaired) electrons. The lowest BCUT2D eigenvalue weighted by molar-refractivity contribution is 0.0510. The number of ketones is 1. The van der Waals surface area contributed by atoms with Gasteiger partial charge in [0.2, 0.25) is 0 Å². The quantitative estimate of drug-likeness (QED) is 0.619. The molecule has 0 aromatic heterocycles. The molecule has 122 valence electrons. The number of hydrogen-bond donors (Lipinski definition) is 1. The summed E-state index contributed by atoms with van der Waals surface area (Å²) in [7, 11) is 1.52. The molecule has 6 heteroatoms. The number of rotatable bonds is 7. The lowest BCUT2D eigenvalue weighted by Gasteiger charge is -2.32. The van der Waals surface area contributed by atoms with E-state index in [1.807, 2.05) is 0 Å². The van der Waals surface area contributed by atoms with Crippen molar-refractivity contribution in [3.8, 4) is 5.75 Å². The lowest BCUT2D eigenvalue weighted by atomic mass is 10.0. The van der Waals surface area contributed by atoms with Crippen LogP contribution < -0.4 is 4.74 Å². The molecule has 0 spiro atoms. The molecule has 0 aliphatic carbocycles. The number of Topliss-reactive ketones (excluding diaryl/α,β-unsaturated/α-hetero) is 1. The predicted octanol–water partition coefficient (Wildman–Crippen LogP) is 3.02. The fourth-order valence-corrected chi connectivity index (χ4v) is 1.96. The Kier molecular flexibility index (Phi) is 6.37. The molecule has 0 fully saturated rings. The van der Waals surface area contributed by atoms with Crippen molar-refractivity contribution in [1.29, 1.82) is 0 Å². The highest BCUT2D eigenvalue weighted by molar-refractivity contribution is 5.96. The molecule has 0 saturated heterocycles. The molecule has 0 unspecified atom stereocenters. The molecule has 0 bridgehead atoms. The van der Waals surface area contributed by atoms with E-state index >= 15 is 0 Å². The Labute approximate surface area is 130 Å². The highest BCUT2D eigenvalue weighted by Gasteiger charge is 2.26. The van der Waals surface area contributed by atoms with E-state index in [0.717, 1.165) is 0 Å². The van der Waals surface area contributed by atoms with Crippen LogP contribution in [0, 0.1) is 0 Å². The summed E-state index contributed by atoms with van der Waals surface area (Å²) in [5.74, 6) is 0.414. The summed E-state index contributed by atoms with van der Waals surface area (Å²) in [6.07, 6.45) is -0.908. The summed E-state index contributed by atoms with van der Waals surface area (Å²) in [6.45, 7) is 5.65. The van der Waals surface area contributed by atoms with Gasteiger partial charge in [-0.3, -0.25) is 4.79 Å². The van der Waals surface area contributed by atoms with E-state index in [1.54, 1.807) is 45.0 Å². The predicted molar refractivity (Wildman–Crippen MR) is 82.4 cm³/mol. The van der Waals surface area contributed by atoms with E-state index < -0.39 is 11.6 Å². The summed E-state index contributed by atoms with van der Waals surface area (Å²) in [5.41, 5.74) is -0.0527. The monoisotopic (exact) mass is 309 g/mol. The number of methoxy groups -OCH3 is 1. The SMILES string of the molecule is COCOc1cccc(C(=O)CCN(C(=O)O)C(C)(C)C)c1. The lowest BCUT2D eigenvalue weighted by Crippen LogP contribution is -2.45. The topological polar surface area (TPSA) is 76.1 Å². The first-order chi connectivity index (χ1) is 10.3. The molecule has 0 atom stereocenters. The number of benzene rings is 1. The van der Waals surface area contributed by atoms with Gasteiger partial charge in [0.05, 0.1) is 0 Å². The smallest absolute Gasteiger partial charge is 0.407 e. The fourth-order valence-electron chi connectivity index (χ4n) is 1.96. The second-order valence-electron chi connectivity index (χ2n) is 5.86. The minimum absolute atomic E-state index is 0.106. The van der Waals surface area contributed by atoms with Crippen molar-refractivity contribution in [2.75, 3.05) is 20.4 Å². The van der Waals surface area contributed by atoms with Crippen molar-refractivity contribution in [3.63, 3.8) is 0 Å². The molecule has 0 aliphatic rings. The molecule has 22 heavy (non-hydrogen) atoms. The van der Waals surface area contributed by atoms with E-state index in [-0.39, 0.29) is 25.5 Å². The third-order valence-corrected chi connectivity index (χ3v) is 3.10. The molecule has 1 amide bonds. The molecule has 0 saturated carbocycles. The van der Waals surface area contributed by atoms with Gasteiger partial charge in [0, 0.05) is 31.2 Å². The second kappa shape index (κ2) is 7.79. The minimum atomic E-state index is -1.03. The van der Waals surface area contributed by atoms with E-state index in [1.165, 1.54) is 12.0 Å². The Hall–Kier alpha value is -2.08. The average molecular weight is 309 g/mol. The van der Waals surface area contributed by atoms with Gasteiger partial charge in [-0.15, -0.1) is 0 Å². The molecule has 1 rings (SSSR count). The number of nitrogens with zero attached hydrogens (tertiary/aromatic N) is 1. The highest BCUT2D eigenvalue weighted by Crippen LogP contribution is 2.17.